The van der Waals surface area contributed by atoms with Gasteiger partial charge in [-0.25, -0.2) is 0 Å². The quantitative estimate of drug-likeness (QED) is 0.186. The molecule has 7 aromatic carbocycles. The van der Waals surface area contributed by atoms with Crippen molar-refractivity contribution in [3.05, 3.63) is 144 Å². The van der Waals surface area contributed by atoms with E-state index in [4.69, 9.17) is 8.83 Å². The van der Waals surface area contributed by atoms with E-state index in [-0.39, 0.29) is 11.8 Å². The Bertz CT molecular complexity index is 2760. The van der Waals surface area contributed by atoms with Crippen LogP contribution in [0, 0.1) is 13.8 Å². The third-order valence-corrected chi connectivity index (χ3v) is 10.7. The summed E-state index contributed by atoms with van der Waals surface area (Å²) in [6.45, 7) is 13.3. The number of aryl methyl sites for hydroxylation is 2. The molecule has 0 atom stereocenters. The maximum atomic E-state index is 6.93. The molecule has 0 aliphatic carbocycles. The van der Waals surface area contributed by atoms with Gasteiger partial charge in [0.2, 0.25) is 0 Å². The van der Waals surface area contributed by atoms with Gasteiger partial charge < -0.3 is 8.83 Å². The highest BCUT2D eigenvalue weighted by Gasteiger charge is 2.26. The second-order valence-corrected chi connectivity index (χ2v) is 14.5. The van der Waals surface area contributed by atoms with E-state index in [1.54, 1.807) is 0 Å². The highest BCUT2D eigenvalue weighted by molar-refractivity contribution is 6.26. The zero-order chi connectivity index (χ0) is 34.3. The van der Waals surface area contributed by atoms with Crippen molar-refractivity contribution in [2.75, 3.05) is 0 Å². The summed E-state index contributed by atoms with van der Waals surface area (Å²) in [5.74, 6) is 2.58. The molecule has 0 amide bonds. The van der Waals surface area contributed by atoms with E-state index in [1.165, 1.54) is 54.9 Å². The minimum Gasteiger partial charge on any atom is -0.460 e. The lowest BCUT2D eigenvalue weighted by Gasteiger charge is -2.15. The Kier molecular flexibility index (Phi) is 7.00. The third-order valence-electron chi connectivity index (χ3n) is 10.7. The van der Waals surface area contributed by atoms with Gasteiger partial charge in [0.1, 0.15) is 22.7 Å². The van der Waals surface area contributed by atoms with Crippen molar-refractivity contribution in [3.63, 3.8) is 0 Å². The standard InChI is InChI=1S/C48H40O2/c1-27(2)45-29(5)39-25-41(34-21-19-33(20-22-34)38-17-11-15-32-13-9-10-16-37(32)38)43-44(48(39)50-45)42(26-40-30(6)46(28(3)4)49-47(40)43)36-23-18-31-12-7-8-14-35(31)24-36/h7-28H,1-6H3. The molecule has 0 saturated heterocycles. The Labute approximate surface area is 293 Å². The first kappa shape index (κ1) is 30.5. The zero-order valence-electron chi connectivity index (χ0n) is 29.5. The Balaban J connectivity index is 1.40. The van der Waals surface area contributed by atoms with Gasteiger partial charge in [-0.2, -0.15) is 0 Å². The first-order valence-electron chi connectivity index (χ1n) is 17.8. The molecule has 2 aromatic heterocycles. The Morgan fingerprint density at radius 2 is 0.880 bits per heavy atom. The van der Waals surface area contributed by atoms with Crippen LogP contribution in [-0.4, -0.2) is 0 Å². The molecule has 0 N–H and O–H groups in total. The monoisotopic (exact) mass is 648 g/mol. The molecule has 0 aliphatic heterocycles. The van der Waals surface area contributed by atoms with Crippen molar-refractivity contribution < 1.29 is 8.83 Å². The molecule has 9 rings (SSSR count). The summed E-state index contributed by atoms with van der Waals surface area (Å²) >= 11 is 0. The van der Waals surface area contributed by atoms with Gasteiger partial charge in [0.05, 0.1) is 0 Å². The number of hydrogen-bond acceptors (Lipinski definition) is 2. The first-order valence-corrected chi connectivity index (χ1v) is 17.8. The van der Waals surface area contributed by atoms with E-state index in [9.17, 15) is 0 Å². The smallest absolute Gasteiger partial charge is 0.143 e. The van der Waals surface area contributed by atoms with Crippen molar-refractivity contribution in [2.24, 2.45) is 0 Å². The molecule has 0 aliphatic rings. The van der Waals surface area contributed by atoms with E-state index in [0.29, 0.717) is 0 Å². The lowest BCUT2D eigenvalue weighted by molar-refractivity contribution is 0.518. The maximum absolute atomic E-state index is 6.93. The molecule has 9 aromatic rings. The van der Waals surface area contributed by atoms with Crippen molar-refractivity contribution in [3.8, 4) is 33.4 Å². The summed E-state index contributed by atoms with van der Waals surface area (Å²) in [5, 5.41) is 9.50. The molecule has 0 saturated carbocycles. The molecular weight excluding hydrogens is 609 g/mol. The van der Waals surface area contributed by atoms with Gasteiger partial charge in [-0.3, -0.25) is 0 Å². The first-order chi connectivity index (χ1) is 24.3. The fourth-order valence-corrected chi connectivity index (χ4v) is 8.20. The fourth-order valence-electron chi connectivity index (χ4n) is 8.20. The van der Waals surface area contributed by atoms with Gasteiger partial charge >= 0.3 is 0 Å². The minimum atomic E-state index is 0.257. The minimum absolute atomic E-state index is 0.257. The number of rotatable bonds is 5. The Morgan fingerprint density at radius 1 is 0.400 bits per heavy atom. The summed E-state index contributed by atoms with van der Waals surface area (Å²) in [7, 11) is 0. The van der Waals surface area contributed by atoms with Crippen LogP contribution in [0.25, 0.3) is 87.6 Å². The van der Waals surface area contributed by atoms with Crippen LogP contribution in [0.1, 0.15) is 62.2 Å². The van der Waals surface area contributed by atoms with Gasteiger partial charge in [-0.05, 0) is 98.1 Å². The average Bonchev–Trinajstić information content (AvgIpc) is 3.66. The maximum Gasteiger partial charge on any atom is 0.143 e. The topological polar surface area (TPSA) is 26.3 Å². The van der Waals surface area contributed by atoms with Gasteiger partial charge in [0, 0.05) is 33.4 Å². The summed E-state index contributed by atoms with van der Waals surface area (Å²) in [4.78, 5) is 0. The molecule has 2 heterocycles. The van der Waals surface area contributed by atoms with Crippen LogP contribution in [0.2, 0.25) is 0 Å². The molecule has 50 heavy (non-hydrogen) atoms. The predicted molar refractivity (Wildman–Crippen MR) is 212 cm³/mol. The van der Waals surface area contributed by atoms with E-state index in [0.717, 1.165) is 55.4 Å². The third kappa shape index (κ3) is 4.62. The highest BCUT2D eigenvalue weighted by atomic mass is 16.3. The van der Waals surface area contributed by atoms with E-state index in [2.05, 4.69) is 163 Å². The largest absolute Gasteiger partial charge is 0.460 e. The Hall–Kier alpha value is -5.60. The van der Waals surface area contributed by atoms with Crippen LogP contribution in [0.15, 0.2) is 130 Å². The summed E-state index contributed by atoms with van der Waals surface area (Å²) in [5.41, 5.74) is 11.4. The summed E-state index contributed by atoms with van der Waals surface area (Å²) in [6, 6.07) is 44.4. The average molecular weight is 649 g/mol. The van der Waals surface area contributed by atoms with E-state index in [1.807, 2.05) is 0 Å². The fraction of sp³-hybridized carbons (Fsp3) is 0.167. The molecule has 2 nitrogen and oxygen atoms in total. The van der Waals surface area contributed by atoms with Crippen molar-refractivity contribution in [1.29, 1.82) is 0 Å². The number of hydrogen-bond donors (Lipinski definition) is 0. The van der Waals surface area contributed by atoms with Gasteiger partial charge in [0.25, 0.3) is 0 Å². The van der Waals surface area contributed by atoms with E-state index >= 15 is 0 Å². The molecule has 0 bridgehead atoms. The van der Waals surface area contributed by atoms with Crippen molar-refractivity contribution in [1.82, 2.24) is 0 Å². The lowest BCUT2D eigenvalue weighted by Crippen LogP contribution is -1.90. The van der Waals surface area contributed by atoms with Crippen molar-refractivity contribution >= 4 is 54.3 Å². The molecule has 0 spiro atoms. The van der Waals surface area contributed by atoms with Crippen LogP contribution >= 0.6 is 0 Å². The molecule has 0 unspecified atom stereocenters. The molecule has 0 radical (unpaired) electrons. The van der Waals surface area contributed by atoms with Gasteiger partial charge in [0.15, 0.2) is 0 Å². The second kappa shape index (κ2) is 11.5. The lowest BCUT2D eigenvalue weighted by atomic mass is 9.87. The van der Waals surface area contributed by atoms with Gasteiger partial charge in [-0.15, -0.1) is 0 Å². The van der Waals surface area contributed by atoms with Gasteiger partial charge in [-0.1, -0.05) is 131 Å². The Morgan fingerprint density at radius 3 is 1.48 bits per heavy atom. The summed E-state index contributed by atoms with van der Waals surface area (Å²) < 4.78 is 13.9. The number of furan rings is 2. The number of benzene rings is 7. The van der Waals surface area contributed by atoms with Crippen LogP contribution in [0.3, 0.4) is 0 Å². The number of fused-ring (bicyclic) bond motifs is 7. The second-order valence-electron chi connectivity index (χ2n) is 14.5. The van der Waals surface area contributed by atoms with Crippen LogP contribution < -0.4 is 0 Å². The SMILES string of the molecule is Cc1c(C(C)C)oc2c1cc(-c1ccc3ccccc3c1)c1c3oc(C(C)C)c(C)c3cc(-c3ccc(-c4cccc5ccccc45)cc3)c21. The van der Waals surface area contributed by atoms with Crippen LogP contribution in [0.5, 0.6) is 0 Å². The molecular formula is C48H40O2. The molecule has 244 valence electrons. The van der Waals surface area contributed by atoms with Crippen LogP contribution in [0.4, 0.5) is 0 Å². The van der Waals surface area contributed by atoms with Crippen molar-refractivity contribution in [2.45, 2.75) is 53.4 Å². The molecule has 2 heteroatoms. The van der Waals surface area contributed by atoms with E-state index < -0.39 is 0 Å². The predicted octanol–water partition coefficient (Wildman–Crippen LogP) is 14.5. The van der Waals surface area contributed by atoms with Crippen LogP contribution in [-0.2, 0) is 0 Å². The summed E-state index contributed by atoms with van der Waals surface area (Å²) in [6.07, 6.45) is 0. The zero-order valence-corrected chi connectivity index (χ0v) is 29.5. The normalized spacial score (nSPS) is 12.2. The molecule has 0 fully saturated rings. The highest BCUT2D eigenvalue weighted by Crippen LogP contribution is 2.49.